The van der Waals surface area contributed by atoms with Gasteiger partial charge < -0.3 is 20.3 Å². The van der Waals surface area contributed by atoms with Gasteiger partial charge in [0.2, 0.25) is 5.91 Å². The fourth-order valence-electron chi connectivity index (χ4n) is 3.31. The summed E-state index contributed by atoms with van der Waals surface area (Å²) in [5.74, 6) is 0.291. The molecule has 1 aromatic carbocycles. The number of hydrogen-bond acceptors (Lipinski definition) is 4. The summed E-state index contributed by atoms with van der Waals surface area (Å²) in [5, 5.41) is 0. The molecule has 1 aromatic rings. The summed E-state index contributed by atoms with van der Waals surface area (Å²) in [4.78, 5) is 28.2. The maximum absolute atomic E-state index is 12.5. The molecule has 0 aromatic heterocycles. The Morgan fingerprint density at radius 1 is 1.28 bits per heavy atom. The third-order valence-electron chi connectivity index (χ3n) is 4.87. The van der Waals surface area contributed by atoms with Crippen LogP contribution in [0.5, 0.6) is 0 Å². The summed E-state index contributed by atoms with van der Waals surface area (Å²) in [7, 11) is 0. The van der Waals surface area contributed by atoms with E-state index in [1.165, 1.54) is 0 Å². The van der Waals surface area contributed by atoms with E-state index in [0.29, 0.717) is 31.7 Å². The average Bonchev–Trinajstić information content (AvgIpc) is 3.35. The van der Waals surface area contributed by atoms with Crippen molar-refractivity contribution in [2.75, 3.05) is 19.6 Å². The summed E-state index contributed by atoms with van der Waals surface area (Å²) in [6, 6.07) is 9.54. The Labute approximate surface area is 148 Å². The summed E-state index contributed by atoms with van der Waals surface area (Å²) >= 11 is 0. The van der Waals surface area contributed by atoms with Crippen molar-refractivity contribution in [3.8, 4) is 0 Å². The number of rotatable bonds is 6. The molecule has 2 amide bonds. The lowest BCUT2D eigenvalue weighted by Gasteiger charge is -2.25. The standard InChI is InChI=1S/C19H27N3O3/c1-14(20)18(23)21-10-9-16(11-21)12-22(17-7-8-17)19(24)25-13-15-5-3-2-4-6-15/h2-6,14,16-17H,7-13,20H2,1H3/t14-,16-/m0/s1. The van der Waals surface area contributed by atoms with Gasteiger partial charge in [-0.15, -0.1) is 0 Å². The van der Waals surface area contributed by atoms with Gasteiger partial charge in [0.1, 0.15) is 6.61 Å². The van der Waals surface area contributed by atoms with Crippen LogP contribution in [0.25, 0.3) is 0 Å². The third-order valence-corrected chi connectivity index (χ3v) is 4.87. The summed E-state index contributed by atoms with van der Waals surface area (Å²) in [5.41, 5.74) is 6.68. The summed E-state index contributed by atoms with van der Waals surface area (Å²) < 4.78 is 5.50. The van der Waals surface area contributed by atoms with Crippen molar-refractivity contribution < 1.29 is 14.3 Å². The second-order valence-electron chi connectivity index (χ2n) is 7.15. The first kappa shape index (κ1) is 17.7. The fraction of sp³-hybridized carbons (Fsp3) is 0.579. The number of amides is 2. The zero-order chi connectivity index (χ0) is 17.8. The highest BCUT2D eigenvalue weighted by molar-refractivity contribution is 5.81. The lowest BCUT2D eigenvalue weighted by Crippen LogP contribution is -2.42. The normalized spacial score (nSPS) is 21.0. The minimum Gasteiger partial charge on any atom is -0.445 e. The van der Waals surface area contributed by atoms with Crippen molar-refractivity contribution in [1.82, 2.24) is 9.80 Å². The number of ether oxygens (including phenoxy) is 1. The third kappa shape index (κ3) is 4.72. The zero-order valence-electron chi connectivity index (χ0n) is 14.8. The van der Waals surface area contributed by atoms with E-state index in [1.807, 2.05) is 40.1 Å². The van der Waals surface area contributed by atoms with Crippen LogP contribution in [-0.4, -0.2) is 53.5 Å². The molecule has 0 unspecified atom stereocenters. The monoisotopic (exact) mass is 345 g/mol. The molecule has 25 heavy (non-hydrogen) atoms. The first-order valence-electron chi connectivity index (χ1n) is 9.06. The van der Waals surface area contributed by atoms with E-state index >= 15 is 0 Å². The number of carbonyl (C=O) groups is 2. The first-order valence-corrected chi connectivity index (χ1v) is 9.06. The largest absolute Gasteiger partial charge is 0.445 e. The Bertz CT molecular complexity index is 601. The van der Waals surface area contributed by atoms with Crippen LogP contribution < -0.4 is 5.73 Å². The molecule has 2 N–H and O–H groups in total. The van der Waals surface area contributed by atoms with E-state index in [9.17, 15) is 9.59 Å². The SMILES string of the molecule is C[C@H](N)C(=O)N1CC[C@H](CN(C(=O)OCc2ccccc2)C2CC2)C1. The predicted octanol–water partition coefficient (Wildman–Crippen LogP) is 1.98. The highest BCUT2D eigenvalue weighted by Gasteiger charge is 2.37. The van der Waals surface area contributed by atoms with E-state index in [2.05, 4.69) is 0 Å². The van der Waals surface area contributed by atoms with E-state index in [-0.39, 0.29) is 12.0 Å². The van der Waals surface area contributed by atoms with E-state index in [0.717, 1.165) is 31.4 Å². The number of carbonyl (C=O) groups excluding carboxylic acids is 2. The number of nitrogens with two attached hydrogens (primary N) is 1. The molecule has 3 rings (SSSR count). The van der Waals surface area contributed by atoms with Crippen molar-refractivity contribution in [3.05, 3.63) is 35.9 Å². The lowest BCUT2D eigenvalue weighted by molar-refractivity contribution is -0.131. The summed E-state index contributed by atoms with van der Waals surface area (Å²) in [6.45, 7) is 4.06. The fourth-order valence-corrected chi connectivity index (χ4v) is 3.31. The van der Waals surface area contributed by atoms with Gasteiger partial charge in [0, 0.05) is 25.7 Å². The highest BCUT2D eigenvalue weighted by Crippen LogP contribution is 2.30. The molecule has 1 aliphatic carbocycles. The Morgan fingerprint density at radius 3 is 2.64 bits per heavy atom. The van der Waals surface area contributed by atoms with Crippen molar-refractivity contribution in [2.45, 2.75) is 44.9 Å². The topological polar surface area (TPSA) is 75.9 Å². The smallest absolute Gasteiger partial charge is 0.410 e. The molecule has 0 radical (unpaired) electrons. The van der Waals surface area contributed by atoms with Crippen molar-refractivity contribution in [3.63, 3.8) is 0 Å². The van der Waals surface area contributed by atoms with Crippen molar-refractivity contribution in [2.24, 2.45) is 11.7 Å². The predicted molar refractivity (Wildman–Crippen MR) is 94.7 cm³/mol. The number of nitrogens with zero attached hydrogens (tertiary/aromatic N) is 2. The highest BCUT2D eigenvalue weighted by atomic mass is 16.6. The van der Waals surface area contributed by atoms with Crippen LogP contribution in [0.3, 0.4) is 0 Å². The number of likely N-dealkylation sites (tertiary alicyclic amines) is 1. The van der Waals surface area contributed by atoms with Gasteiger partial charge in [0.25, 0.3) is 0 Å². The molecule has 1 saturated carbocycles. The molecule has 1 heterocycles. The van der Waals surface area contributed by atoms with Gasteiger partial charge in [0.15, 0.2) is 0 Å². The second kappa shape index (κ2) is 7.87. The Kier molecular flexibility index (Phi) is 5.58. The van der Waals surface area contributed by atoms with Gasteiger partial charge in [-0.1, -0.05) is 30.3 Å². The van der Waals surface area contributed by atoms with E-state index in [1.54, 1.807) is 6.92 Å². The maximum atomic E-state index is 12.5. The first-order chi connectivity index (χ1) is 12.0. The molecule has 0 bridgehead atoms. The molecule has 1 aliphatic heterocycles. The summed E-state index contributed by atoms with van der Waals surface area (Å²) in [6.07, 6.45) is 2.74. The molecule has 0 spiro atoms. The van der Waals surface area contributed by atoms with Crippen LogP contribution in [-0.2, 0) is 16.1 Å². The van der Waals surface area contributed by atoms with Crippen molar-refractivity contribution in [1.29, 1.82) is 0 Å². The van der Waals surface area contributed by atoms with E-state index < -0.39 is 6.04 Å². The number of hydrogen-bond donors (Lipinski definition) is 1. The molecule has 1 saturated heterocycles. The molecule has 136 valence electrons. The van der Waals surface area contributed by atoms with Crippen LogP contribution >= 0.6 is 0 Å². The molecular weight excluding hydrogens is 318 g/mol. The van der Waals surface area contributed by atoms with Gasteiger partial charge in [-0.3, -0.25) is 4.79 Å². The lowest BCUT2D eigenvalue weighted by atomic mass is 10.1. The molecular formula is C19H27N3O3. The van der Waals surface area contributed by atoms with Gasteiger partial charge in [-0.25, -0.2) is 4.79 Å². The van der Waals surface area contributed by atoms with Crippen LogP contribution in [0.4, 0.5) is 4.79 Å². The second-order valence-corrected chi connectivity index (χ2v) is 7.15. The minimum absolute atomic E-state index is 0.00729. The van der Waals surface area contributed by atoms with Gasteiger partial charge in [-0.2, -0.15) is 0 Å². The Morgan fingerprint density at radius 2 is 2.00 bits per heavy atom. The Balaban J connectivity index is 1.52. The maximum Gasteiger partial charge on any atom is 0.410 e. The van der Waals surface area contributed by atoms with Gasteiger partial charge in [0.05, 0.1) is 6.04 Å². The quantitative estimate of drug-likeness (QED) is 0.855. The van der Waals surface area contributed by atoms with Crippen LogP contribution in [0.2, 0.25) is 0 Å². The molecule has 2 atom stereocenters. The van der Waals surface area contributed by atoms with Gasteiger partial charge in [-0.05, 0) is 37.7 Å². The van der Waals surface area contributed by atoms with Crippen LogP contribution in [0.1, 0.15) is 31.7 Å². The number of benzene rings is 1. The van der Waals surface area contributed by atoms with Crippen LogP contribution in [0, 0.1) is 5.92 Å². The average molecular weight is 345 g/mol. The Hall–Kier alpha value is -2.08. The molecule has 2 aliphatic rings. The molecule has 6 heteroatoms. The zero-order valence-corrected chi connectivity index (χ0v) is 14.8. The molecule has 2 fully saturated rings. The van der Waals surface area contributed by atoms with Crippen LogP contribution in [0.15, 0.2) is 30.3 Å². The minimum atomic E-state index is -0.464. The van der Waals surface area contributed by atoms with Gasteiger partial charge >= 0.3 is 6.09 Å². The van der Waals surface area contributed by atoms with E-state index in [4.69, 9.17) is 10.5 Å². The van der Waals surface area contributed by atoms with Crippen molar-refractivity contribution >= 4 is 12.0 Å². The molecule has 6 nitrogen and oxygen atoms in total.